The van der Waals surface area contributed by atoms with E-state index in [1.54, 1.807) is 0 Å². The van der Waals surface area contributed by atoms with Crippen LogP contribution in [0.2, 0.25) is 0 Å². The van der Waals surface area contributed by atoms with E-state index in [4.69, 9.17) is 4.74 Å². The van der Waals surface area contributed by atoms with Crippen LogP contribution in [0.1, 0.15) is 5.56 Å². The standard InChI is InChI=1S/C13H11NO4.K/c15-11-6-7-12(14(16)17)13(8-11)18-9-10-4-2-1-3-5-10;/h1-8,15H,9H2;/q;+1/p-1. The monoisotopic (exact) mass is 283 g/mol. The molecule has 0 saturated carbocycles. The first-order chi connectivity index (χ1) is 8.66. The molecule has 6 heteroatoms. The van der Waals surface area contributed by atoms with Gasteiger partial charge in [-0.15, -0.1) is 5.75 Å². The van der Waals surface area contributed by atoms with Crippen molar-refractivity contribution in [3.05, 3.63) is 64.2 Å². The van der Waals surface area contributed by atoms with Gasteiger partial charge in [0.25, 0.3) is 0 Å². The van der Waals surface area contributed by atoms with Gasteiger partial charge < -0.3 is 9.84 Å². The van der Waals surface area contributed by atoms with Crippen molar-refractivity contribution in [2.24, 2.45) is 0 Å². The van der Waals surface area contributed by atoms with Gasteiger partial charge in [0.15, 0.2) is 5.75 Å². The van der Waals surface area contributed by atoms with Gasteiger partial charge in [-0.05, 0) is 11.6 Å². The maximum atomic E-state index is 11.2. The third kappa shape index (κ3) is 4.59. The summed E-state index contributed by atoms with van der Waals surface area (Å²) < 4.78 is 5.32. The number of nitro groups is 1. The summed E-state index contributed by atoms with van der Waals surface area (Å²) in [4.78, 5) is 10.2. The van der Waals surface area contributed by atoms with E-state index in [0.717, 1.165) is 23.8 Å². The largest absolute Gasteiger partial charge is 1.00 e. The molecule has 0 amide bonds. The fourth-order valence-corrected chi connectivity index (χ4v) is 1.50. The van der Waals surface area contributed by atoms with E-state index in [9.17, 15) is 15.2 Å². The van der Waals surface area contributed by atoms with E-state index in [2.05, 4.69) is 0 Å². The first kappa shape index (κ1) is 16.1. The van der Waals surface area contributed by atoms with Crippen LogP contribution in [0.3, 0.4) is 0 Å². The zero-order valence-electron chi connectivity index (χ0n) is 10.4. The predicted molar refractivity (Wildman–Crippen MR) is 63.3 cm³/mol. The van der Waals surface area contributed by atoms with Gasteiger partial charge in [-0.2, -0.15) is 0 Å². The molecule has 0 N–H and O–H groups in total. The number of rotatable bonds is 4. The van der Waals surface area contributed by atoms with E-state index in [1.165, 1.54) is 0 Å². The van der Waals surface area contributed by atoms with Crippen LogP contribution in [0.15, 0.2) is 48.5 Å². The average molecular weight is 283 g/mol. The Labute approximate surface area is 152 Å². The molecule has 0 aliphatic carbocycles. The van der Waals surface area contributed by atoms with Crippen LogP contribution in [-0.2, 0) is 6.61 Å². The Kier molecular flexibility index (Phi) is 6.46. The van der Waals surface area contributed by atoms with Crippen molar-refractivity contribution in [3.8, 4) is 11.5 Å². The summed E-state index contributed by atoms with van der Waals surface area (Å²) >= 11 is 0. The zero-order valence-corrected chi connectivity index (χ0v) is 13.5. The molecule has 2 aromatic carbocycles. The third-order valence-corrected chi connectivity index (χ3v) is 2.37. The van der Waals surface area contributed by atoms with Crippen LogP contribution in [-0.4, -0.2) is 4.92 Å². The van der Waals surface area contributed by atoms with Gasteiger partial charge in [0.05, 0.1) is 4.92 Å². The molecule has 92 valence electrons. The number of hydrogen-bond donors (Lipinski definition) is 0. The van der Waals surface area contributed by atoms with Gasteiger partial charge >= 0.3 is 57.1 Å². The first-order valence-corrected chi connectivity index (χ1v) is 5.29. The van der Waals surface area contributed by atoms with Crippen LogP contribution in [0.4, 0.5) is 5.69 Å². The van der Waals surface area contributed by atoms with E-state index in [1.807, 2.05) is 30.3 Å². The van der Waals surface area contributed by atoms with Crippen LogP contribution in [0, 0.1) is 10.1 Å². The number of nitro benzene ring substituents is 1. The second kappa shape index (κ2) is 7.61. The molecule has 5 nitrogen and oxygen atoms in total. The molecular formula is C13H10KNO4. The Balaban J connectivity index is 0.00000180. The van der Waals surface area contributed by atoms with Gasteiger partial charge in [0.1, 0.15) is 6.61 Å². The third-order valence-electron chi connectivity index (χ3n) is 2.37. The van der Waals surface area contributed by atoms with Crippen molar-refractivity contribution < 1.29 is 66.2 Å². The molecule has 0 spiro atoms. The van der Waals surface area contributed by atoms with Crippen molar-refractivity contribution >= 4 is 5.69 Å². The SMILES string of the molecule is O=[N+]([O-])c1ccc([O-])cc1OCc1ccccc1.[K+]. The summed E-state index contributed by atoms with van der Waals surface area (Å²) in [6.07, 6.45) is 0. The van der Waals surface area contributed by atoms with Crippen LogP contribution in [0.25, 0.3) is 0 Å². The molecule has 0 aliphatic heterocycles. The van der Waals surface area contributed by atoms with Crippen molar-refractivity contribution in [3.63, 3.8) is 0 Å². The van der Waals surface area contributed by atoms with Gasteiger partial charge in [0, 0.05) is 6.07 Å². The van der Waals surface area contributed by atoms with E-state index < -0.39 is 4.92 Å². The molecule has 0 heterocycles. The maximum Gasteiger partial charge on any atom is 1.00 e. The molecule has 0 atom stereocenters. The summed E-state index contributed by atoms with van der Waals surface area (Å²) in [5.41, 5.74) is 0.675. The molecular weight excluding hydrogens is 273 g/mol. The quantitative estimate of drug-likeness (QED) is 0.420. The molecule has 0 aromatic heterocycles. The van der Waals surface area contributed by atoms with E-state index in [0.29, 0.717) is 0 Å². The number of hydrogen-bond acceptors (Lipinski definition) is 4. The fraction of sp³-hybridized carbons (Fsp3) is 0.0769. The Hall–Kier alpha value is -0.924. The second-order valence-electron chi connectivity index (χ2n) is 3.66. The number of benzene rings is 2. The topological polar surface area (TPSA) is 75.4 Å². The van der Waals surface area contributed by atoms with Crippen molar-refractivity contribution in [1.29, 1.82) is 0 Å². The summed E-state index contributed by atoms with van der Waals surface area (Å²) in [5, 5.41) is 21.9. The minimum Gasteiger partial charge on any atom is -0.872 e. The van der Waals surface area contributed by atoms with Gasteiger partial charge in [-0.1, -0.05) is 36.4 Å². The van der Waals surface area contributed by atoms with E-state index >= 15 is 0 Å². The van der Waals surface area contributed by atoms with Crippen LogP contribution < -0.4 is 61.2 Å². The molecule has 0 fully saturated rings. The molecule has 0 aliphatic rings. The molecule has 0 radical (unpaired) electrons. The fourth-order valence-electron chi connectivity index (χ4n) is 1.50. The van der Waals surface area contributed by atoms with Crippen molar-refractivity contribution in [2.45, 2.75) is 6.61 Å². The Bertz CT molecular complexity index is 560. The average Bonchev–Trinajstić information content (AvgIpc) is 2.37. The molecule has 19 heavy (non-hydrogen) atoms. The van der Waals surface area contributed by atoms with E-state index in [-0.39, 0.29) is 75.2 Å². The maximum absolute atomic E-state index is 11.2. The Morgan fingerprint density at radius 2 is 1.79 bits per heavy atom. The summed E-state index contributed by atoms with van der Waals surface area (Å²) in [7, 11) is 0. The summed E-state index contributed by atoms with van der Waals surface area (Å²) in [5.74, 6) is -0.319. The number of ether oxygens (including phenoxy) is 1. The van der Waals surface area contributed by atoms with Gasteiger partial charge in [-0.3, -0.25) is 10.1 Å². The smallest absolute Gasteiger partial charge is 0.872 e. The molecule has 0 unspecified atom stereocenters. The molecule has 0 bridgehead atoms. The Morgan fingerprint density at radius 3 is 2.42 bits per heavy atom. The molecule has 2 rings (SSSR count). The summed E-state index contributed by atoms with van der Waals surface area (Å²) in [6.45, 7) is 0.186. The molecule has 0 saturated heterocycles. The van der Waals surface area contributed by atoms with Gasteiger partial charge in [-0.25, -0.2) is 0 Å². The Morgan fingerprint density at radius 1 is 1.11 bits per heavy atom. The van der Waals surface area contributed by atoms with Crippen LogP contribution >= 0.6 is 0 Å². The summed E-state index contributed by atoms with van der Waals surface area (Å²) in [6, 6.07) is 12.7. The first-order valence-electron chi connectivity index (χ1n) is 5.29. The number of nitrogens with zero attached hydrogens (tertiary/aromatic N) is 1. The van der Waals surface area contributed by atoms with Gasteiger partial charge in [0.2, 0.25) is 0 Å². The zero-order chi connectivity index (χ0) is 13.0. The minimum absolute atomic E-state index is 0. The normalized spacial score (nSPS) is 9.47. The molecule has 2 aromatic rings. The second-order valence-corrected chi connectivity index (χ2v) is 3.66. The van der Waals surface area contributed by atoms with Crippen molar-refractivity contribution in [1.82, 2.24) is 0 Å². The minimum atomic E-state index is -0.570. The van der Waals surface area contributed by atoms with Crippen molar-refractivity contribution in [2.75, 3.05) is 0 Å². The predicted octanol–water partition coefficient (Wildman–Crippen LogP) is -0.749. The van der Waals surface area contributed by atoms with Crippen LogP contribution in [0.5, 0.6) is 11.5 Å².